The Hall–Kier alpha value is -0.380. The molecule has 1 aromatic rings. The maximum Gasteiger partial charge on any atom is 0.0525 e. The fourth-order valence-corrected chi connectivity index (χ4v) is 2.48. The fraction of sp³-hybridized carbons (Fsp3) is 0.500. The smallest absolute Gasteiger partial charge is 0.0525 e. The van der Waals surface area contributed by atoms with Crippen molar-refractivity contribution in [3.8, 4) is 0 Å². The van der Waals surface area contributed by atoms with Crippen molar-refractivity contribution in [2.45, 2.75) is 25.2 Å². The highest BCUT2D eigenvalue weighted by atomic mass is 79.9. The predicted molar refractivity (Wildman–Crippen MR) is 64.9 cm³/mol. The Morgan fingerprint density at radius 1 is 1.27 bits per heavy atom. The third-order valence-electron chi connectivity index (χ3n) is 2.76. The number of benzene rings is 1. The van der Waals surface area contributed by atoms with Gasteiger partial charge >= 0.3 is 0 Å². The van der Waals surface area contributed by atoms with Gasteiger partial charge in [0.1, 0.15) is 0 Å². The Labute approximate surface area is 99.1 Å². The minimum absolute atomic E-state index is 0.0929. The molecule has 0 spiro atoms. The second-order valence-electron chi connectivity index (χ2n) is 4.03. The average Bonchev–Trinajstić information content (AvgIpc) is 2.26. The van der Waals surface area contributed by atoms with Gasteiger partial charge in [0.05, 0.1) is 6.61 Å². The zero-order valence-electron chi connectivity index (χ0n) is 8.91. The van der Waals surface area contributed by atoms with Crippen LogP contribution in [0, 0.1) is 0 Å². The lowest BCUT2D eigenvalue weighted by Gasteiger charge is -2.28. The average molecular weight is 273 g/mol. The first-order valence-corrected chi connectivity index (χ1v) is 5.90. The quantitative estimate of drug-likeness (QED) is 0.865. The zero-order chi connectivity index (χ0) is 11.3. The van der Waals surface area contributed by atoms with Gasteiger partial charge in [-0.3, -0.25) is 0 Å². The molecule has 0 aliphatic heterocycles. The molecule has 15 heavy (non-hydrogen) atoms. The third-order valence-corrected chi connectivity index (χ3v) is 3.45. The number of rotatable bonds is 5. The second kappa shape index (κ2) is 5.64. The van der Waals surface area contributed by atoms with E-state index < -0.39 is 0 Å². The maximum atomic E-state index is 9.49. The number of aliphatic hydroxyl groups excluding tert-OH is 2. The molecule has 2 nitrogen and oxygen atoms in total. The Bertz CT molecular complexity index is 314. The summed E-state index contributed by atoms with van der Waals surface area (Å²) in [7, 11) is 0. The van der Waals surface area contributed by atoms with E-state index in [0.29, 0.717) is 6.42 Å². The SMILES string of the molecule is CC(CO)(CCCO)c1ccccc1Br. The summed E-state index contributed by atoms with van der Waals surface area (Å²) in [6, 6.07) is 7.91. The summed E-state index contributed by atoms with van der Waals surface area (Å²) < 4.78 is 1.01. The van der Waals surface area contributed by atoms with E-state index in [2.05, 4.69) is 15.9 Å². The highest BCUT2D eigenvalue weighted by molar-refractivity contribution is 9.10. The summed E-state index contributed by atoms with van der Waals surface area (Å²) in [5, 5.41) is 18.3. The molecule has 0 aromatic heterocycles. The van der Waals surface area contributed by atoms with Gasteiger partial charge in [-0.1, -0.05) is 41.1 Å². The molecular weight excluding hydrogens is 256 g/mol. The lowest BCUT2D eigenvalue weighted by atomic mass is 9.79. The van der Waals surface area contributed by atoms with Crippen molar-refractivity contribution in [2.24, 2.45) is 0 Å². The van der Waals surface area contributed by atoms with Gasteiger partial charge in [-0.2, -0.15) is 0 Å². The first-order valence-electron chi connectivity index (χ1n) is 5.11. The van der Waals surface area contributed by atoms with Crippen LogP contribution in [0.5, 0.6) is 0 Å². The van der Waals surface area contributed by atoms with Crippen LogP contribution in [-0.2, 0) is 5.41 Å². The van der Waals surface area contributed by atoms with E-state index in [1.54, 1.807) is 0 Å². The number of hydrogen-bond acceptors (Lipinski definition) is 2. The molecule has 1 aromatic carbocycles. The third kappa shape index (κ3) is 3.03. The summed E-state index contributed by atoms with van der Waals surface area (Å²) in [4.78, 5) is 0. The Morgan fingerprint density at radius 2 is 1.93 bits per heavy atom. The number of hydrogen-bond donors (Lipinski definition) is 2. The van der Waals surface area contributed by atoms with Gasteiger partial charge in [-0.05, 0) is 24.5 Å². The summed E-state index contributed by atoms with van der Waals surface area (Å²) >= 11 is 3.49. The minimum atomic E-state index is -0.275. The predicted octanol–water partition coefficient (Wildman–Crippen LogP) is 2.47. The van der Waals surface area contributed by atoms with Crippen molar-refractivity contribution in [2.75, 3.05) is 13.2 Å². The largest absolute Gasteiger partial charge is 0.396 e. The van der Waals surface area contributed by atoms with Crippen molar-refractivity contribution in [1.29, 1.82) is 0 Å². The summed E-state index contributed by atoms with van der Waals surface area (Å²) in [6.45, 7) is 2.28. The van der Waals surface area contributed by atoms with E-state index in [0.717, 1.165) is 16.5 Å². The highest BCUT2D eigenvalue weighted by Crippen LogP contribution is 2.33. The molecule has 0 aliphatic carbocycles. The van der Waals surface area contributed by atoms with Crippen molar-refractivity contribution in [3.63, 3.8) is 0 Å². The van der Waals surface area contributed by atoms with Crippen LogP contribution in [0.4, 0.5) is 0 Å². The first-order chi connectivity index (χ1) is 7.14. The fourth-order valence-electron chi connectivity index (χ4n) is 1.72. The molecule has 0 heterocycles. The molecule has 0 amide bonds. The monoisotopic (exact) mass is 272 g/mol. The highest BCUT2D eigenvalue weighted by Gasteiger charge is 2.26. The summed E-state index contributed by atoms with van der Waals surface area (Å²) in [5.41, 5.74) is 0.823. The van der Waals surface area contributed by atoms with Gasteiger partial charge < -0.3 is 10.2 Å². The van der Waals surface area contributed by atoms with E-state index in [4.69, 9.17) is 5.11 Å². The molecule has 1 rings (SSSR count). The molecular formula is C12H17BrO2. The van der Waals surface area contributed by atoms with E-state index in [1.165, 1.54) is 0 Å². The van der Waals surface area contributed by atoms with Gasteiger partial charge in [-0.25, -0.2) is 0 Å². The van der Waals surface area contributed by atoms with Crippen LogP contribution in [0.3, 0.4) is 0 Å². The number of halogens is 1. The molecule has 84 valence electrons. The van der Waals surface area contributed by atoms with Crippen molar-refractivity contribution >= 4 is 15.9 Å². The first kappa shape index (κ1) is 12.7. The Kier molecular flexibility index (Phi) is 4.77. The van der Waals surface area contributed by atoms with Crippen LogP contribution in [0.15, 0.2) is 28.7 Å². The Morgan fingerprint density at radius 3 is 2.47 bits per heavy atom. The molecule has 0 fully saturated rings. The van der Waals surface area contributed by atoms with Crippen molar-refractivity contribution in [1.82, 2.24) is 0 Å². The van der Waals surface area contributed by atoms with Gasteiger partial charge in [0, 0.05) is 16.5 Å². The van der Waals surface area contributed by atoms with E-state index in [9.17, 15) is 5.11 Å². The van der Waals surface area contributed by atoms with Crippen LogP contribution in [0.2, 0.25) is 0 Å². The van der Waals surface area contributed by atoms with Gasteiger partial charge in [0.25, 0.3) is 0 Å². The molecule has 0 saturated heterocycles. The molecule has 1 unspecified atom stereocenters. The van der Waals surface area contributed by atoms with Gasteiger partial charge in [0.15, 0.2) is 0 Å². The van der Waals surface area contributed by atoms with Crippen LogP contribution < -0.4 is 0 Å². The molecule has 0 bridgehead atoms. The maximum absolute atomic E-state index is 9.49. The van der Waals surface area contributed by atoms with E-state index >= 15 is 0 Å². The van der Waals surface area contributed by atoms with Gasteiger partial charge in [-0.15, -0.1) is 0 Å². The molecule has 3 heteroatoms. The summed E-state index contributed by atoms with van der Waals surface area (Å²) in [5.74, 6) is 0. The van der Waals surface area contributed by atoms with Crippen molar-refractivity contribution < 1.29 is 10.2 Å². The molecule has 0 saturated carbocycles. The standard InChI is InChI=1S/C12H17BrO2/c1-12(9-15,7-4-8-14)10-5-2-3-6-11(10)13/h2-3,5-6,14-15H,4,7-9H2,1H3. The lowest BCUT2D eigenvalue weighted by molar-refractivity contribution is 0.181. The van der Waals surface area contributed by atoms with Crippen LogP contribution in [0.1, 0.15) is 25.3 Å². The van der Waals surface area contributed by atoms with Crippen LogP contribution >= 0.6 is 15.9 Å². The normalized spacial score (nSPS) is 14.9. The number of aliphatic hydroxyl groups is 2. The zero-order valence-corrected chi connectivity index (χ0v) is 10.5. The molecule has 1 atom stereocenters. The Balaban J connectivity index is 2.95. The molecule has 0 radical (unpaired) electrons. The van der Waals surface area contributed by atoms with E-state index in [1.807, 2.05) is 31.2 Å². The molecule has 2 N–H and O–H groups in total. The van der Waals surface area contributed by atoms with Crippen molar-refractivity contribution in [3.05, 3.63) is 34.3 Å². The van der Waals surface area contributed by atoms with E-state index in [-0.39, 0.29) is 18.6 Å². The van der Waals surface area contributed by atoms with Gasteiger partial charge in [0.2, 0.25) is 0 Å². The van der Waals surface area contributed by atoms with Crippen LogP contribution in [0.25, 0.3) is 0 Å². The molecule has 0 aliphatic rings. The minimum Gasteiger partial charge on any atom is -0.396 e. The lowest BCUT2D eigenvalue weighted by Crippen LogP contribution is -2.27. The topological polar surface area (TPSA) is 40.5 Å². The second-order valence-corrected chi connectivity index (χ2v) is 4.88. The summed E-state index contributed by atoms with van der Waals surface area (Å²) in [6.07, 6.45) is 1.49. The van der Waals surface area contributed by atoms with Crippen LogP contribution in [-0.4, -0.2) is 23.4 Å².